The molecule has 0 atom stereocenters. The monoisotopic (exact) mass is 435 g/mol. The van der Waals surface area contributed by atoms with E-state index in [1.165, 1.54) is 24.5 Å². The average molecular weight is 436 g/mol. The number of rotatable bonds is 6. The largest absolute Gasteiger partial charge is 0.206 e. The van der Waals surface area contributed by atoms with Crippen molar-refractivity contribution in [3.63, 3.8) is 0 Å². The molecule has 5 heteroatoms. The molecule has 0 heterocycles. The molecule has 3 aromatic rings. The van der Waals surface area contributed by atoms with Gasteiger partial charge >= 0.3 is 0 Å². The minimum atomic E-state index is -0.907. The van der Waals surface area contributed by atoms with Crippen molar-refractivity contribution < 1.29 is 13.2 Å². The Morgan fingerprint density at radius 1 is 0.806 bits per heavy atom. The maximum atomic E-state index is 14.6. The second-order valence-corrected chi connectivity index (χ2v) is 7.27. The third-order valence-electron chi connectivity index (χ3n) is 4.84. The Bertz CT molecular complexity index is 1160. The molecule has 0 saturated heterocycles. The molecule has 0 fully saturated rings. The fourth-order valence-electron chi connectivity index (χ4n) is 3.17. The van der Waals surface area contributed by atoms with Crippen molar-refractivity contribution in [2.45, 2.75) is 32.6 Å². The molecule has 0 bridgehead atoms. The van der Waals surface area contributed by atoms with Gasteiger partial charge in [0.2, 0.25) is 0 Å². The highest BCUT2D eigenvalue weighted by Crippen LogP contribution is 2.24. The first kappa shape index (κ1) is 22.5. The van der Waals surface area contributed by atoms with E-state index in [9.17, 15) is 13.2 Å². The molecule has 0 aliphatic heterocycles. The summed E-state index contributed by atoms with van der Waals surface area (Å²) in [5.41, 5.74) is 2.61. The Morgan fingerprint density at radius 3 is 2.10 bits per heavy atom. The average Bonchev–Trinajstić information content (AvgIpc) is 2.76. The standard InChI is InChI=1S/C26H20F3NS/c1-2-3-4-5-18-6-9-20(10-7-18)22-13-12-21(23(27)16-22)11-8-19-14-24(28)26(30-17-31)25(29)15-19/h6-7,9-10,12-16H,2-5H2,1H3. The van der Waals surface area contributed by atoms with Crippen LogP contribution in [0.25, 0.3) is 11.1 Å². The molecule has 3 rings (SSSR count). The lowest BCUT2D eigenvalue weighted by molar-refractivity contribution is 0.587. The van der Waals surface area contributed by atoms with Crippen molar-refractivity contribution >= 4 is 23.1 Å². The molecule has 0 radical (unpaired) electrons. The third kappa shape index (κ3) is 5.92. The number of aliphatic imine (C=N–C) groups is 1. The van der Waals surface area contributed by atoms with E-state index in [4.69, 9.17) is 0 Å². The van der Waals surface area contributed by atoms with Crippen LogP contribution in [0, 0.1) is 29.3 Å². The Morgan fingerprint density at radius 2 is 1.48 bits per heavy atom. The Hall–Kier alpha value is -3.19. The molecule has 0 unspecified atom stereocenters. The van der Waals surface area contributed by atoms with E-state index < -0.39 is 23.1 Å². The Kier molecular flexibility index (Phi) is 7.78. The number of aryl methyl sites for hydroxylation is 1. The molecule has 0 spiro atoms. The van der Waals surface area contributed by atoms with Gasteiger partial charge in [0.25, 0.3) is 0 Å². The molecule has 3 aromatic carbocycles. The van der Waals surface area contributed by atoms with Crippen LogP contribution in [-0.2, 0) is 6.42 Å². The van der Waals surface area contributed by atoms with Crippen molar-refractivity contribution in [3.05, 3.63) is 88.7 Å². The summed E-state index contributed by atoms with van der Waals surface area (Å²) in [6.07, 6.45) is 4.59. The van der Waals surface area contributed by atoms with Crippen LogP contribution in [0.2, 0.25) is 0 Å². The fraction of sp³-hybridized carbons (Fsp3) is 0.192. The number of unbranched alkanes of at least 4 members (excludes halogenated alkanes) is 2. The van der Waals surface area contributed by atoms with Gasteiger partial charge in [0.15, 0.2) is 11.6 Å². The van der Waals surface area contributed by atoms with E-state index in [1.807, 2.05) is 17.3 Å². The molecule has 1 nitrogen and oxygen atoms in total. The zero-order valence-corrected chi connectivity index (χ0v) is 17.8. The Balaban J connectivity index is 1.79. The molecule has 0 aromatic heterocycles. The summed E-state index contributed by atoms with van der Waals surface area (Å²) < 4.78 is 42.4. The summed E-state index contributed by atoms with van der Waals surface area (Å²) in [7, 11) is 0. The number of isothiocyanates is 1. The van der Waals surface area contributed by atoms with Gasteiger partial charge in [-0.25, -0.2) is 13.2 Å². The van der Waals surface area contributed by atoms with Crippen molar-refractivity contribution in [1.82, 2.24) is 0 Å². The molecule has 31 heavy (non-hydrogen) atoms. The van der Waals surface area contributed by atoms with Crippen LogP contribution in [0.1, 0.15) is 42.9 Å². The number of hydrogen-bond acceptors (Lipinski definition) is 2. The van der Waals surface area contributed by atoms with Crippen LogP contribution < -0.4 is 0 Å². The van der Waals surface area contributed by atoms with Gasteiger partial charge in [0.05, 0.1) is 10.7 Å². The molecular weight excluding hydrogens is 415 g/mol. The molecule has 0 N–H and O–H groups in total. The first-order valence-corrected chi connectivity index (χ1v) is 10.4. The van der Waals surface area contributed by atoms with E-state index in [0.717, 1.165) is 36.1 Å². The van der Waals surface area contributed by atoms with Gasteiger partial charge < -0.3 is 0 Å². The summed E-state index contributed by atoms with van der Waals surface area (Å²) in [6.45, 7) is 2.18. The van der Waals surface area contributed by atoms with Crippen LogP contribution in [0.5, 0.6) is 0 Å². The van der Waals surface area contributed by atoms with Crippen molar-refractivity contribution in [2.24, 2.45) is 4.99 Å². The van der Waals surface area contributed by atoms with Gasteiger partial charge in [0, 0.05) is 5.56 Å². The third-order valence-corrected chi connectivity index (χ3v) is 4.93. The van der Waals surface area contributed by atoms with Crippen LogP contribution in [0.4, 0.5) is 18.9 Å². The zero-order chi connectivity index (χ0) is 22.2. The summed E-state index contributed by atoms with van der Waals surface area (Å²) in [5, 5.41) is 1.93. The zero-order valence-electron chi connectivity index (χ0n) is 17.0. The molecule has 0 amide bonds. The predicted molar refractivity (Wildman–Crippen MR) is 122 cm³/mol. The minimum absolute atomic E-state index is 0.0699. The Labute approximate surface area is 185 Å². The topological polar surface area (TPSA) is 12.4 Å². The van der Waals surface area contributed by atoms with E-state index in [0.29, 0.717) is 0 Å². The highest BCUT2D eigenvalue weighted by molar-refractivity contribution is 7.78. The lowest BCUT2D eigenvalue weighted by Gasteiger charge is -2.06. The minimum Gasteiger partial charge on any atom is -0.206 e. The first-order chi connectivity index (χ1) is 15.0. The smallest absolute Gasteiger partial charge is 0.153 e. The normalized spacial score (nSPS) is 10.2. The molecule has 0 aliphatic carbocycles. The summed E-state index contributed by atoms with van der Waals surface area (Å²) in [6, 6.07) is 14.9. The van der Waals surface area contributed by atoms with Crippen LogP contribution in [-0.4, -0.2) is 5.16 Å². The number of halogens is 3. The number of thiocarbonyl (C=S) groups is 1. The SMILES string of the molecule is CCCCCc1ccc(-c2ccc(C#Cc3cc(F)c(N=C=S)c(F)c3)c(F)c2)cc1. The van der Waals surface area contributed by atoms with Gasteiger partial charge in [-0.2, -0.15) is 4.99 Å². The van der Waals surface area contributed by atoms with Crippen molar-refractivity contribution in [3.8, 4) is 23.0 Å². The van der Waals surface area contributed by atoms with Crippen LogP contribution in [0.15, 0.2) is 59.6 Å². The quantitative estimate of drug-likeness (QED) is 0.168. The van der Waals surface area contributed by atoms with E-state index >= 15 is 0 Å². The number of hydrogen-bond donors (Lipinski definition) is 0. The molecular formula is C26H20F3NS. The molecule has 0 aliphatic rings. The second-order valence-electron chi connectivity index (χ2n) is 7.09. The van der Waals surface area contributed by atoms with Gasteiger partial charge in [-0.3, -0.25) is 0 Å². The van der Waals surface area contributed by atoms with Gasteiger partial charge in [-0.05, 0) is 66.0 Å². The maximum Gasteiger partial charge on any atom is 0.153 e. The van der Waals surface area contributed by atoms with E-state index in [-0.39, 0.29) is 11.1 Å². The van der Waals surface area contributed by atoms with E-state index in [1.54, 1.807) is 12.1 Å². The van der Waals surface area contributed by atoms with Crippen molar-refractivity contribution in [1.29, 1.82) is 0 Å². The fourth-order valence-corrected chi connectivity index (χ4v) is 3.26. The second kappa shape index (κ2) is 10.7. The van der Waals surface area contributed by atoms with Crippen LogP contribution in [0.3, 0.4) is 0 Å². The number of benzene rings is 3. The highest BCUT2D eigenvalue weighted by Gasteiger charge is 2.09. The van der Waals surface area contributed by atoms with Gasteiger partial charge in [-0.1, -0.05) is 61.9 Å². The lowest BCUT2D eigenvalue weighted by Crippen LogP contribution is -1.89. The summed E-state index contributed by atoms with van der Waals surface area (Å²) in [4.78, 5) is 3.35. The van der Waals surface area contributed by atoms with E-state index in [2.05, 4.69) is 48.1 Å². The molecule has 156 valence electrons. The first-order valence-electron chi connectivity index (χ1n) is 9.99. The summed E-state index contributed by atoms with van der Waals surface area (Å²) in [5.74, 6) is 2.90. The predicted octanol–water partition coefficient (Wildman–Crippen LogP) is 7.64. The summed E-state index contributed by atoms with van der Waals surface area (Å²) >= 11 is 4.37. The van der Waals surface area contributed by atoms with Crippen molar-refractivity contribution in [2.75, 3.05) is 0 Å². The van der Waals surface area contributed by atoms with Gasteiger partial charge in [0.1, 0.15) is 11.5 Å². The molecule has 0 saturated carbocycles. The maximum absolute atomic E-state index is 14.6. The number of nitrogens with zero attached hydrogens (tertiary/aromatic N) is 1. The highest BCUT2D eigenvalue weighted by atomic mass is 32.1. The lowest BCUT2D eigenvalue weighted by atomic mass is 10.00. The van der Waals surface area contributed by atoms with Crippen LogP contribution >= 0.6 is 12.2 Å². The van der Waals surface area contributed by atoms with Gasteiger partial charge in [-0.15, -0.1) is 0 Å².